The van der Waals surface area contributed by atoms with Crippen LogP contribution in [0.5, 0.6) is 0 Å². The number of hydrogen-bond acceptors (Lipinski definition) is 4. The van der Waals surface area contributed by atoms with Gasteiger partial charge in [-0.05, 0) is 40.5 Å². The number of carbonyl (C=O) groups is 1. The van der Waals surface area contributed by atoms with E-state index < -0.39 is 12.1 Å². The van der Waals surface area contributed by atoms with Crippen LogP contribution in [0.1, 0.15) is 40.5 Å². The molecule has 5 heteroatoms. The molecule has 1 rings (SSSR count). The van der Waals surface area contributed by atoms with E-state index in [2.05, 4.69) is 31.0 Å². The van der Waals surface area contributed by atoms with Gasteiger partial charge in [-0.1, -0.05) is 0 Å². The standard InChI is InChI=1S/C13H27N3O2/c1-9(2)16-7-5-13(4,6-8-16)15-12(18)11(14)10(3)17/h9-11,17H,5-8,14H2,1-4H3,(H,15,18). The van der Waals surface area contributed by atoms with Crippen LogP contribution in [0.2, 0.25) is 0 Å². The Hall–Kier alpha value is -0.650. The molecule has 1 saturated heterocycles. The summed E-state index contributed by atoms with van der Waals surface area (Å²) in [6.07, 6.45) is 1.02. The normalized spacial score (nSPS) is 23.7. The summed E-state index contributed by atoms with van der Waals surface area (Å²) in [7, 11) is 0. The zero-order valence-electron chi connectivity index (χ0n) is 11.9. The second-order valence-corrected chi connectivity index (χ2v) is 5.95. The number of nitrogens with one attached hydrogen (secondary N) is 1. The van der Waals surface area contributed by atoms with Crippen LogP contribution < -0.4 is 11.1 Å². The summed E-state index contributed by atoms with van der Waals surface area (Å²) in [5, 5.41) is 12.3. The van der Waals surface area contributed by atoms with E-state index in [1.165, 1.54) is 6.92 Å². The highest BCUT2D eigenvalue weighted by molar-refractivity contribution is 5.82. The highest BCUT2D eigenvalue weighted by Crippen LogP contribution is 2.23. The van der Waals surface area contributed by atoms with E-state index in [-0.39, 0.29) is 11.4 Å². The molecule has 1 aliphatic rings. The summed E-state index contributed by atoms with van der Waals surface area (Å²) < 4.78 is 0. The Morgan fingerprint density at radius 3 is 2.22 bits per heavy atom. The molecule has 0 aromatic rings. The van der Waals surface area contributed by atoms with E-state index in [1.807, 2.05) is 0 Å². The first-order valence-electron chi connectivity index (χ1n) is 6.75. The maximum Gasteiger partial charge on any atom is 0.240 e. The largest absolute Gasteiger partial charge is 0.391 e. The Morgan fingerprint density at radius 1 is 1.33 bits per heavy atom. The van der Waals surface area contributed by atoms with Gasteiger partial charge in [0.15, 0.2) is 0 Å². The van der Waals surface area contributed by atoms with Crippen LogP contribution in [-0.4, -0.2) is 52.7 Å². The topological polar surface area (TPSA) is 78.6 Å². The molecular formula is C13H27N3O2. The van der Waals surface area contributed by atoms with Gasteiger partial charge in [-0.3, -0.25) is 4.79 Å². The van der Waals surface area contributed by atoms with Crippen molar-refractivity contribution in [2.24, 2.45) is 5.73 Å². The number of nitrogens with zero attached hydrogens (tertiary/aromatic N) is 1. The van der Waals surface area contributed by atoms with Crippen LogP contribution >= 0.6 is 0 Å². The lowest BCUT2D eigenvalue weighted by molar-refractivity contribution is -0.126. The van der Waals surface area contributed by atoms with E-state index in [4.69, 9.17) is 5.73 Å². The van der Waals surface area contributed by atoms with Crippen molar-refractivity contribution in [3.63, 3.8) is 0 Å². The molecule has 1 fully saturated rings. The quantitative estimate of drug-likeness (QED) is 0.666. The maximum atomic E-state index is 11.9. The number of aliphatic hydroxyl groups excluding tert-OH is 1. The third kappa shape index (κ3) is 3.93. The number of likely N-dealkylation sites (tertiary alicyclic amines) is 1. The van der Waals surface area contributed by atoms with Gasteiger partial charge in [-0.15, -0.1) is 0 Å². The van der Waals surface area contributed by atoms with Gasteiger partial charge in [-0.2, -0.15) is 0 Å². The van der Waals surface area contributed by atoms with Crippen LogP contribution in [0.3, 0.4) is 0 Å². The summed E-state index contributed by atoms with van der Waals surface area (Å²) in [5.41, 5.74) is 5.44. The number of rotatable bonds is 4. The van der Waals surface area contributed by atoms with Gasteiger partial charge in [0.25, 0.3) is 0 Å². The molecule has 1 amide bonds. The lowest BCUT2D eigenvalue weighted by Crippen LogP contribution is -2.59. The van der Waals surface area contributed by atoms with Gasteiger partial charge >= 0.3 is 0 Å². The molecule has 4 N–H and O–H groups in total. The minimum atomic E-state index is -0.843. The molecule has 1 aliphatic heterocycles. The molecule has 18 heavy (non-hydrogen) atoms. The van der Waals surface area contributed by atoms with Crippen molar-refractivity contribution >= 4 is 5.91 Å². The molecule has 0 saturated carbocycles. The molecule has 5 nitrogen and oxygen atoms in total. The highest BCUT2D eigenvalue weighted by atomic mass is 16.3. The Bertz CT molecular complexity index is 284. The van der Waals surface area contributed by atoms with Gasteiger partial charge in [0, 0.05) is 24.7 Å². The highest BCUT2D eigenvalue weighted by Gasteiger charge is 2.34. The molecule has 0 aromatic heterocycles. The minimum Gasteiger partial charge on any atom is -0.391 e. The van der Waals surface area contributed by atoms with E-state index in [0.29, 0.717) is 6.04 Å². The molecule has 0 bridgehead atoms. The molecule has 0 aromatic carbocycles. The number of piperidine rings is 1. The van der Waals surface area contributed by atoms with Crippen molar-refractivity contribution in [1.29, 1.82) is 0 Å². The summed E-state index contributed by atoms with van der Waals surface area (Å²) in [6, 6.07) is -0.296. The first kappa shape index (κ1) is 15.4. The molecule has 2 unspecified atom stereocenters. The third-order valence-electron chi connectivity index (χ3n) is 3.88. The van der Waals surface area contributed by atoms with Gasteiger partial charge in [0.05, 0.1) is 6.10 Å². The summed E-state index contributed by atoms with van der Waals surface area (Å²) >= 11 is 0. The zero-order valence-corrected chi connectivity index (χ0v) is 11.9. The number of nitrogens with two attached hydrogens (primary N) is 1. The van der Waals surface area contributed by atoms with Gasteiger partial charge in [-0.25, -0.2) is 0 Å². The number of hydrogen-bond donors (Lipinski definition) is 3. The fraction of sp³-hybridized carbons (Fsp3) is 0.923. The van der Waals surface area contributed by atoms with Crippen LogP contribution in [0.15, 0.2) is 0 Å². The average molecular weight is 257 g/mol. The van der Waals surface area contributed by atoms with Gasteiger partial charge < -0.3 is 21.1 Å². The number of amides is 1. The molecule has 0 radical (unpaired) electrons. The van der Waals surface area contributed by atoms with Crippen LogP contribution in [0.4, 0.5) is 0 Å². The summed E-state index contributed by atoms with van der Waals surface area (Å²) in [4.78, 5) is 14.3. The lowest BCUT2D eigenvalue weighted by Gasteiger charge is -2.42. The van der Waals surface area contributed by atoms with Crippen molar-refractivity contribution in [3.8, 4) is 0 Å². The van der Waals surface area contributed by atoms with Gasteiger partial charge in [0.2, 0.25) is 5.91 Å². The molecule has 106 valence electrons. The fourth-order valence-corrected chi connectivity index (χ4v) is 2.26. The van der Waals surface area contributed by atoms with Crippen molar-refractivity contribution < 1.29 is 9.90 Å². The number of aliphatic hydroxyl groups is 1. The third-order valence-corrected chi connectivity index (χ3v) is 3.88. The molecule has 0 spiro atoms. The summed E-state index contributed by atoms with van der Waals surface area (Å²) in [5.74, 6) is -0.259. The Morgan fingerprint density at radius 2 is 1.83 bits per heavy atom. The first-order valence-corrected chi connectivity index (χ1v) is 6.75. The van der Waals surface area contributed by atoms with Crippen LogP contribution in [0, 0.1) is 0 Å². The first-order chi connectivity index (χ1) is 8.25. The van der Waals surface area contributed by atoms with Gasteiger partial charge in [0.1, 0.15) is 6.04 Å². The van der Waals surface area contributed by atoms with E-state index in [0.717, 1.165) is 25.9 Å². The minimum absolute atomic E-state index is 0.199. The zero-order chi connectivity index (χ0) is 13.9. The number of carbonyl (C=O) groups excluding carboxylic acids is 1. The van der Waals surface area contributed by atoms with Crippen molar-refractivity contribution in [2.45, 2.75) is 64.3 Å². The van der Waals surface area contributed by atoms with E-state index in [1.54, 1.807) is 0 Å². The Balaban J connectivity index is 2.50. The second kappa shape index (κ2) is 5.99. The molecule has 1 heterocycles. The van der Waals surface area contributed by atoms with E-state index in [9.17, 15) is 9.90 Å². The predicted molar refractivity (Wildman–Crippen MR) is 72.1 cm³/mol. The van der Waals surface area contributed by atoms with Crippen molar-refractivity contribution in [2.75, 3.05) is 13.1 Å². The Kier molecular flexibility index (Phi) is 5.13. The monoisotopic (exact) mass is 257 g/mol. The molecule has 0 aliphatic carbocycles. The SMILES string of the molecule is CC(O)C(N)C(=O)NC1(C)CCN(C(C)C)CC1. The summed E-state index contributed by atoms with van der Waals surface area (Å²) in [6.45, 7) is 9.93. The van der Waals surface area contributed by atoms with Crippen LogP contribution in [-0.2, 0) is 4.79 Å². The van der Waals surface area contributed by atoms with Crippen molar-refractivity contribution in [1.82, 2.24) is 10.2 Å². The fourth-order valence-electron chi connectivity index (χ4n) is 2.26. The van der Waals surface area contributed by atoms with Crippen molar-refractivity contribution in [3.05, 3.63) is 0 Å². The molecule has 2 atom stereocenters. The maximum absolute atomic E-state index is 11.9. The smallest absolute Gasteiger partial charge is 0.240 e. The average Bonchev–Trinajstić information content (AvgIpc) is 2.27. The second-order valence-electron chi connectivity index (χ2n) is 5.95. The lowest BCUT2D eigenvalue weighted by atomic mass is 9.88. The Labute approximate surface area is 110 Å². The van der Waals surface area contributed by atoms with Crippen LogP contribution in [0.25, 0.3) is 0 Å². The predicted octanol–water partition coefficient (Wildman–Crippen LogP) is 0.0736. The molecular weight excluding hydrogens is 230 g/mol. The van der Waals surface area contributed by atoms with E-state index >= 15 is 0 Å².